The molecule has 0 bridgehead atoms. The molecular formula is C13H25ClN4O2. The molecule has 0 aliphatic carbocycles. The Balaban J connectivity index is 2.89. The molecule has 0 radical (unpaired) electrons. The lowest BCUT2D eigenvalue weighted by atomic mass is 10.1. The SMILES string of the molecule is CCOC(OCC)C(Cc1c(Cl)c(CC)nn1C)NN. The molecule has 0 saturated heterocycles. The summed E-state index contributed by atoms with van der Waals surface area (Å²) in [5.74, 6) is 5.64. The maximum absolute atomic E-state index is 6.36. The Morgan fingerprint density at radius 3 is 2.30 bits per heavy atom. The summed E-state index contributed by atoms with van der Waals surface area (Å²) < 4.78 is 13.0. The molecule has 1 rings (SSSR count). The first kappa shape index (κ1) is 17.4. The Hall–Kier alpha value is -0.660. The van der Waals surface area contributed by atoms with Crippen molar-refractivity contribution in [1.29, 1.82) is 0 Å². The van der Waals surface area contributed by atoms with E-state index in [-0.39, 0.29) is 6.04 Å². The minimum absolute atomic E-state index is 0.187. The van der Waals surface area contributed by atoms with E-state index in [2.05, 4.69) is 10.5 Å². The van der Waals surface area contributed by atoms with Crippen LogP contribution in [0.25, 0.3) is 0 Å². The number of ether oxygens (including phenoxy) is 2. The summed E-state index contributed by atoms with van der Waals surface area (Å²) in [5.41, 5.74) is 4.57. The summed E-state index contributed by atoms with van der Waals surface area (Å²) in [5, 5.41) is 5.10. The van der Waals surface area contributed by atoms with Crippen molar-refractivity contribution >= 4 is 11.6 Å². The first-order valence-electron chi connectivity index (χ1n) is 6.98. The molecular weight excluding hydrogens is 280 g/mol. The molecule has 1 atom stereocenters. The van der Waals surface area contributed by atoms with Crippen LogP contribution in [0, 0.1) is 0 Å². The van der Waals surface area contributed by atoms with E-state index in [0.717, 1.165) is 17.8 Å². The predicted molar refractivity (Wildman–Crippen MR) is 79.5 cm³/mol. The van der Waals surface area contributed by atoms with Crippen LogP contribution in [0.2, 0.25) is 5.02 Å². The highest BCUT2D eigenvalue weighted by molar-refractivity contribution is 6.31. The molecule has 116 valence electrons. The van der Waals surface area contributed by atoms with E-state index in [0.29, 0.717) is 24.7 Å². The molecule has 1 unspecified atom stereocenters. The number of halogens is 1. The molecule has 0 aliphatic heterocycles. The third-order valence-corrected chi connectivity index (χ3v) is 3.56. The summed E-state index contributed by atoms with van der Waals surface area (Å²) in [6.07, 6.45) is 0.975. The third kappa shape index (κ3) is 4.17. The van der Waals surface area contributed by atoms with Gasteiger partial charge in [-0.1, -0.05) is 18.5 Å². The van der Waals surface area contributed by atoms with Crippen LogP contribution >= 0.6 is 11.6 Å². The molecule has 1 aromatic heterocycles. The van der Waals surface area contributed by atoms with Gasteiger partial charge in [-0.25, -0.2) is 0 Å². The average molecular weight is 305 g/mol. The Morgan fingerprint density at radius 1 is 1.30 bits per heavy atom. The van der Waals surface area contributed by atoms with Crippen LogP contribution in [-0.2, 0) is 29.4 Å². The maximum atomic E-state index is 6.36. The number of nitrogens with one attached hydrogen (secondary N) is 1. The molecule has 0 aromatic carbocycles. The second-order valence-corrected chi connectivity index (χ2v) is 4.82. The van der Waals surface area contributed by atoms with Crippen molar-refractivity contribution in [2.24, 2.45) is 12.9 Å². The minimum Gasteiger partial charge on any atom is -0.351 e. The Bertz CT molecular complexity index is 405. The predicted octanol–water partition coefficient (Wildman–Crippen LogP) is 1.41. The van der Waals surface area contributed by atoms with E-state index in [9.17, 15) is 0 Å². The van der Waals surface area contributed by atoms with E-state index in [1.165, 1.54) is 0 Å². The lowest BCUT2D eigenvalue weighted by molar-refractivity contribution is -0.154. The van der Waals surface area contributed by atoms with Gasteiger partial charge < -0.3 is 9.47 Å². The van der Waals surface area contributed by atoms with Gasteiger partial charge in [-0.2, -0.15) is 5.10 Å². The first-order chi connectivity index (χ1) is 9.58. The largest absolute Gasteiger partial charge is 0.351 e. The molecule has 7 heteroatoms. The molecule has 20 heavy (non-hydrogen) atoms. The van der Waals surface area contributed by atoms with Crippen LogP contribution in [-0.4, -0.2) is 35.3 Å². The summed E-state index contributed by atoms with van der Waals surface area (Å²) >= 11 is 6.36. The number of aryl methyl sites for hydroxylation is 2. The molecule has 0 saturated carbocycles. The van der Waals surface area contributed by atoms with E-state index in [1.807, 2.05) is 27.8 Å². The zero-order chi connectivity index (χ0) is 15.1. The highest BCUT2D eigenvalue weighted by Gasteiger charge is 2.25. The molecule has 0 fully saturated rings. The number of hydrazine groups is 1. The molecule has 6 nitrogen and oxygen atoms in total. The zero-order valence-electron chi connectivity index (χ0n) is 12.6. The van der Waals surface area contributed by atoms with Crippen molar-refractivity contribution < 1.29 is 9.47 Å². The smallest absolute Gasteiger partial charge is 0.174 e. The summed E-state index contributed by atoms with van der Waals surface area (Å²) in [6, 6.07) is -0.187. The van der Waals surface area contributed by atoms with Gasteiger partial charge in [-0.15, -0.1) is 0 Å². The summed E-state index contributed by atoms with van der Waals surface area (Å²) in [6.45, 7) is 6.99. The van der Waals surface area contributed by atoms with Gasteiger partial charge in [0.2, 0.25) is 0 Å². The Labute approximate surface area is 125 Å². The van der Waals surface area contributed by atoms with Crippen LogP contribution < -0.4 is 11.3 Å². The van der Waals surface area contributed by atoms with E-state index < -0.39 is 6.29 Å². The molecule has 1 aromatic rings. The van der Waals surface area contributed by atoms with Crippen LogP contribution in [0.1, 0.15) is 32.2 Å². The van der Waals surface area contributed by atoms with Crippen molar-refractivity contribution in [3.05, 3.63) is 16.4 Å². The highest BCUT2D eigenvalue weighted by Crippen LogP contribution is 2.23. The minimum atomic E-state index is -0.411. The van der Waals surface area contributed by atoms with Crippen LogP contribution in [0.15, 0.2) is 0 Å². The van der Waals surface area contributed by atoms with E-state index >= 15 is 0 Å². The van der Waals surface area contributed by atoms with Crippen molar-refractivity contribution in [1.82, 2.24) is 15.2 Å². The second-order valence-electron chi connectivity index (χ2n) is 4.44. The van der Waals surface area contributed by atoms with Gasteiger partial charge >= 0.3 is 0 Å². The number of aromatic nitrogens is 2. The van der Waals surface area contributed by atoms with Gasteiger partial charge in [0.15, 0.2) is 6.29 Å². The zero-order valence-corrected chi connectivity index (χ0v) is 13.4. The van der Waals surface area contributed by atoms with Gasteiger partial charge in [0.05, 0.1) is 22.5 Å². The second kappa shape index (κ2) is 8.59. The van der Waals surface area contributed by atoms with Gasteiger partial charge in [0, 0.05) is 26.7 Å². The highest BCUT2D eigenvalue weighted by atomic mass is 35.5. The van der Waals surface area contributed by atoms with E-state index in [1.54, 1.807) is 4.68 Å². The monoisotopic (exact) mass is 304 g/mol. The lowest BCUT2D eigenvalue weighted by Crippen LogP contribution is -2.48. The third-order valence-electron chi connectivity index (χ3n) is 3.12. The average Bonchev–Trinajstić information content (AvgIpc) is 2.71. The summed E-state index contributed by atoms with van der Waals surface area (Å²) in [7, 11) is 1.88. The normalized spacial score (nSPS) is 13.2. The Kier molecular flexibility index (Phi) is 7.47. The fourth-order valence-electron chi connectivity index (χ4n) is 2.09. The van der Waals surface area contributed by atoms with Crippen LogP contribution in [0.3, 0.4) is 0 Å². The van der Waals surface area contributed by atoms with Gasteiger partial charge in [-0.3, -0.25) is 16.0 Å². The van der Waals surface area contributed by atoms with Crippen molar-refractivity contribution in [2.75, 3.05) is 13.2 Å². The summed E-state index contributed by atoms with van der Waals surface area (Å²) in [4.78, 5) is 0. The number of hydrogen-bond acceptors (Lipinski definition) is 5. The molecule has 0 spiro atoms. The maximum Gasteiger partial charge on any atom is 0.174 e. The van der Waals surface area contributed by atoms with Gasteiger partial charge in [0.25, 0.3) is 0 Å². The molecule has 3 N–H and O–H groups in total. The van der Waals surface area contributed by atoms with Gasteiger partial charge in [-0.05, 0) is 20.3 Å². The number of rotatable bonds is 9. The van der Waals surface area contributed by atoms with Crippen molar-refractivity contribution in [3.63, 3.8) is 0 Å². The van der Waals surface area contributed by atoms with Crippen LogP contribution in [0.5, 0.6) is 0 Å². The number of hydrogen-bond donors (Lipinski definition) is 2. The number of nitrogens with two attached hydrogens (primary N) is 1. The molecule has 0 aliphatic rings. The number of nitrogens with zero attached hydrogens (tertiary/aromatic N) is 2. The van der Waals surface area contributed by atoms with E-state index in [4.69, 9.17) is 26.9 Å². The lowest BCUT2D eigenvalue weighted by Gasteiger charge is -2.26. The molecule has 0 amide bonds. The van der Waals surface area contributed by atoms with Crippen molar-refractivity contribution in [2.45, 2.75) is 45.9 Å². The topological polar surface area (TPSA) is 74.3 Å². The fourth-order valence-corrected chi connectivity index (χ4v) is 2.46. The van der Waals surface area contributed by atoms with Crippen LogP contribution in [0.4, 0.5) is 0 Å². The standard InChI is InChI=1S/C13H25ClN4O2/c1-5-9-12(14)11(18(4)17-9)8-10(16-15)13(19-6-2)20-7-3/h10,13,16H,5-8,15H2,1-4H3. The van der Waals surface area contributed by atoms with Crippen molar-refractivity contribution in [3.8, 4) is 0 Å². The van der Waals surface area contributed by atoms with Gasteiger partial charge in [0.1, 0.15) is 0 Å². The first-order valence-corrected chi connectivity index (χ1v) is 7.36. The Morgan fingerprint density at radius 2 is 1.90 bits per heavy atom. The fraction of sp³-hybridized carbons (Fsp3) is 0.769. The quantitative estimate of drug-likeness (QED) is 0.410. The molecule has 1 heterocycles.